The molecular weight excluding hydrogens is 488 g/mol. The van der Waals surface area contributed by atoms with Gasteiger partial charge in [-0.05, 0) is 80.9 Å². The number of carbonyl (C=O) groups excluding carboxylic acids is 1. The van der Waals surface area contributed by atoms with Gasteiger partial charge < -0.3 is 9.52 Å². The number of carboxylic acids is 1. The van der Waals surface area contributed by atoms with Crippen molar-refractivity contribution in [3.05, 3.63) is 55.7 Å². The summed E-state index contributed by atoms with van der Waals surface area (Å²) in [7, 11) is 0. The first-order valence-corrected chi connectivity index (χ1v) is 9.87. The second-order valence-electron chi connectivity index (χ2n) is 5.18. The Morgan fingerprint density at radius 1 is 1.35 bits per heavy atom. The van der Waals surface area contributed by atoms with Crippen molar-refractivity contribution in [2.75, 3.05) is 6.54 Å². The van der Waals surface area contributed by atoms with Crippen LogP contribution in [0.1, 0.15) is 23.0 Å². The molecule has 9 heteroatoms. The average molecular weight is 500 g/mol. The van der Waals surface area contributed by atoms with E-state index in [0.29, 0.717) is 32.7 Å². The van der Waals surface area contributed by atoms with E-state index in [4.69, 9.17) is 9.52 Å². The number of hydrogen-bond donors (Lipinski definition) is 1. The first-order valence-electron chi connectivity index (χ1n) is 7.47. The van der Waals surface area contributed by atoms with E-state index in [9.17, 15) is 9.59 Å². The Bertz CT molecular complexity index is 915. The molecule has 0 unspecified atom stereocenters. The maximum absolute atomic E-state index is 12.6. The first-order chi connectivity index (χ1) is 12.4. The summed E-state index contributed by atoms with van der Waals surface area (Å²) < 4.78 is 6.82. The standard InChI is InChI=1S/C17H12Br2N2O4S/c1-2-21-15(22)13(8-11-7-12(18)14(19)25-11)26-17(21)20-10-5-3-9(4-6-10)16(23)24/h3-8H,2H2,1H3,(H,23,24)/b13-8-,20-17?. The molecule has 0 spiro atoms. The third-order valence-corrected chi connectivity index (χ3v) is 6.20. The van der Waals surface area contributed by atoms with Gasteiger partial charge in [0, 0.05) is 12.6 Å². The van der Waals surface area contributed by atoms with Crippen molar-refractivity contribution in [2.24, 2.45) is 4.99 Å². The summed E-state index contributed by atoms with van der Waals surface area (Å²) in [6.07, 6.45) is 1.67. The van der Waals surface area contributed by atoms with Crippen molar-refractivity contribution < 1.29 is 19.1 Å². The lowest BCUT2D eigenvalue weighted by atomic mass is 10.2. The van der Waals surface area contributed by atoms with Crippen LogP contribution >= 0.6 is 43.6 Å². The number of furan rings is 1. The van der Waals surface area contributed by atoms with Crippen LogP contribution in [0.25, 0.3) is 6.08 Å². The highest BCUT2D eigenvalue weighted by Crippen LogP contribution is 2.35. The number of amides is 1. The van der Waals surface area contributed by atoms with Crippen molar-refractivity contribution in [1.82, 2.24) is 4.90 Å². The largest absolute Gasteiger partial charge is 0.478 e. The number of carbonyl (C=O) groups is 2. The molecule has 6 nitrogen and oxygen atoms in total. The van der Waals surface area contributed by atoms with Gasteiger partial charge in [-0.1, -0.05) is 0 Å². The predicted molar refractivity (Wildman–Crippen MR) is 108 cm³/mol. The maximum Gasteiger partial charge on any atom is 0.335 e. The van der Waals surface area contributed by atoms with Gasteiger partial charge in [-0.25, -0.2) is 9.79 Å². The normalized spacial score (nSPS) is 17.5. The number of amidine groups is 1. The van der Waals surface area contributed by atoms with Gasteiger partial charge in [0.2, 0.25) is 0 Å². The molecule has 0 aliphatic carbocycles. The van der Waals surface area contributed by atoms with Gasteiger partial charge in [0.25, 0.3) is 5.91 Å². The lowest BCUT2D eigenvalue weighted by Crippen LogP contribution is -2.28. The highest BCUT2D eigenvalue weighted by molar-refractivity contribution is 9.13. The highest BCUT2D eigenvalue weighted by atomic mass is 79.9. The predicted octanol–water partition coefficient (Wildman–Crippen LogP) is 5.13. The fourth-order valence-electron chi connectivity index (χ4n) is 2.22. The number of likely N-dealkylation sites (N-methyl/N-ethyl adjacent to an activating group) is 1. The van der Waals surface area contributed by atoms with Crippen LogP contribution in [0.5, 0.6) is 0 Å². The molecule has 1 fully saturated rings. The number of aromatic carboxylic acids is 1. The van der Waals surface area contributed by atoms with Crippen LogP contribution in [0.4, 0.5) is 5.69 Å². The molecule has 1 aromatic carbocycles. The minimum Gasteiger partial charge on any atom is -0.478 e. The molecule has 2 heterocycles. The van der Waals surface area contributed by atoms with E-state index in [2.05, 4.69) is 36.9 Å². The zero-order valence-corrected chi connectivity index (χ0v) is 17.4. The monoisotopic (exact) mass is 498 g/mol. The second-order valence-corrected chi connectivity index (χ2v) is 7.76. The average Bonchev–Trinajstić information content (AvgIpc) is 3.07. The Labute approximate surface area is 170 Å². The molecule has 0 bridgehead atoms. The highest BCUT2D eigenvalue weighted by Gasteiger charge is 2.32. The fraction of sp³-hybridized carbons (Fsp3) is 0.118. The number of rotatable bonds is 4. The molecule has 1 aliphatic heterocycles. The van der Waals surface area contributed by atoms with Crippen molar-refractivity contribution in [3.8, 4) is 0 Å². The molecule has 0 atom stereocenters. The molecule has 1 N–H and O–H groups in total. The van der Waals surface area contributed by atoms with Gasteiger partial charge >= 0.3 is 5.97 Å². The quantitative estimate of drug-likeness (QED) is 0.590. The summed E-state index contributed by atoms with van der Waals surface area (Å²) >= 11 is 7.86. The summed E-state index contributed by atoms with van der Waals surface area (Å²) in [5, 5.41) is 9.49. The Morgan fingerprint density at radius 3 is 2.58 bits per heavy atom. The van der Waals surface area contributed by atoms with E-state index in [0.717, 1.165) is 4.47 Å². The molecule has 2 aromatic rings. The van der Waals surface area contributed by atoms with E-state index < -0.39 is 5.97 Å². The van der Waals surface area contributed by atoms with Gasteiger partial charge in [-0.3, -0.25) is 9.69 Å². The zero-order valence-electron chi connectivity index (χ0n) is 13.4. The van der Waals surface area contributed by atoms with Crippen molar-refractivity contribution in [2.45, 2.75) is 6.92 Å². The smallest absolute Gasteiger partial charge is 0.335 e. The van der Waals surface area contributed by atoms with E-state index in [1.54, 1.807) is 29.2 Å². The summed E-state index contributed by atoms with van der Waals surface area (Å²) in [5.74, 6) is -0.601. The van der Waals surface area contributed by atoms with Crippen LogP contribution < -0.4 is 0 Å². The van der Waals surface area contributed by atoms with Gasteiger partial charge in [0.05, 0.1) is 20.6 Å². The van der Waals surface area contributed by atoms with Crippen LogP contribution in [0, 0.1) is 0 Å². The molecule has 0 radical (unpaired) electrons. The Hall–Kier alpha value is -1.84. The number of benzene rings is 1. The Morgan fingerprint density at radius 2 is 2.04 bits per heavy atom. The van der Waals surface area contributed by atoms with Crippen molar-refractivity contribution in [1.29, 1.82) is 0 Å². The summed E-state index contributed by atoms with van der Waals surface area (Å²) in [6, 6.07) is 7.94. The van der Waals surface area contributed by atoms with Crippen LogP contribution in [-0.4, -0.2) is 33.6 Å². The number of hydrogen-bond acceptors (Lipinski definition) is 5. The van der Waals surface area contributed by atoms with Crippen LogP contribution in [0.2, 0.25) is 0 Å². The summed E-state index contributed by atoms with van der Waals surface area (Å²) in [4.78, 5) is 30.1. The third kappa shape index (κ3) is 3.94. The topological polar surface area (TPSA) is 83.1 Å². The molecule has 1 aromatic heterocycles. The molecule has 26 heavy (non-hydrogen) atoms. The van der Waals surface area contributed by atoms with Gasteiger partial charge in [0.15, 0.2) is 9.84 Å². The fourth-order valence-corrected chi connectivity index (χ4v) is 3.87. The van der Waals surface area contributed by atoms with Crippen LogP contribution in [0.3, 0.4) is 0 Å². The lowest BCUT2D eigenvalue weighted by molar-refractivity contribution is -0.122. The molecule has 1 saturated heterocycles. The molecule has 0 saturated carbocycles. The molecule has 1 amide bonds. The first kappa shape index (κ1) is 18.9. The number of halogens is 2. The number of nitrogens with zero attached hydrogens (tertiary/aromatic N) is 2. The zero-order chi connectivity index (χ0) is 18.8. The van der Waals surface area contributed by atoms with Crippen LogP contribution in [0.15, 0.2) is 53.8 Å². The lowest BCUT2D eigenvalue weighted by Gasteiger charge is -2.11. The molecule has 1 aliphatic rings. The van der Waals surface area contributed by atoms with Crippen molar-refractivity contribution >= 4 is 72.4 Å². The van der Waals surface area contributed by atoms with E-state index in [-0.39, 0.29) is 11.5 Å². The second kappa shape index (κ2) is 7.81. The van der Waals surface area contributed by atoms with Crippen LogP contribution in [-0.2, 0) is 4.79 Å². The summed E-state index contributed by atoms with van der Waals surface area (Å²) in [5.41, 5.74) is 0.763. The molecule has 134 valence electrons. The minimum absolute atomic E-state index is 0.151. The SMILES string of the molecule is CCN1C(=O)/C(=C/c2cc(Br)c(Br)o2)SC1=Nc1ccc(C(=O)O)cc1. The van der Waals surface area contributed by atoms with Gasteiger partial charge in [0.1, 0.15) is 5.76 Å². The number of carboxylic acid groups (broad SMARTS) is 1. The minimum atomic E-state index is -0.995. The van der Waals surface area contributed by atoms with Gasteiger partial charge in [-0.2, -0.15) is 0 Å². The molecule has 3 rings (SSSR count). The van der Waals surface area contributed by atoms with E-state index in [1.165, 1.54) is 23.9 Å². The third-order valence-electron chi connectivity index (χ3n) is 3.48. The Balaban J connectivity index is 1.90. The number of thioether (sulfide) groups is 1. The Kier molecular flexibility index (Phi) is 5.69. The van der Waals surface area contributed by atoms with E-state index in [1.807, 2.05) is 6.92 Å². The van der Waals surface area contributed by atoms with Gasteiger partial charge in [-0.15, -0.1) is 0 Å². The van der Waals surface area contributed by atoms with E-state index >= 15 is 0 Å². The summed E-state index contributed by atoms with van der Waals surface area (Å²) in [6.45, 7) is 2.34. The molecular formula is C17H12Br2N2O4S. The maximum atomic E-state index is 12.6. The van der Waals surface area contributed by atoms with Crippen molar-refractivity contribution in [3.63, 3.8) is 0 Å². The number of aliphatic imine (C=N–C) groups is 1.